The first-order valence-corrected chi connectivity index (χ1v) is 8.60. The molecule has 0 radical (unpaired) electrons. The Hall–Kier alpha value is -1.89. The molecule has 0 bridgehead atoms. The van der Waals surface area contributed by atoms with E-state index in [2.05, 4.69) is 15.6 Å². The Morgan fingerprint density at radius 1 is 1.20 bits per heavy atom. The molecule has 0 amide bonds. The molecule has 1 aromatic rings. The van der Waals surface area contributed by atoms with Crippen LogP contribution in [0.2, 0.25) is 0 Å². The summed E-state index contributed by atoms with van der Waals surface area (Å²) in [6.45, 7) is 2.46. The molecule has 5 nitrogen and oxygen atoms in total. The Morgan fingerprint density at radius 2 is 2.00 bits per heavy atom. The van der Waals surface area contributed by atoms with Crippen LogP contribution in [-0.2, 0) is 4.74 Å². The molecule has 0 saturated heterocycles. The third kappa shape index (κ3) is 5.85. The zero-order valence-corrected chi connectivity index (χ0v) is 14.9. The molecule has 7 heteroatoms. The van der Waals surface area contributed by atoms with Crippen molar-refractivity contribution in [2.24, 2.45) is 10.4 Å². The van der Waals surface area contributed by atoms with Crippen LogP contribution in [0.25, 0.3) is 0 Å². The maximum absolute atomic E-state index is 13.1. The second-order valence-electron chi connectivity index (χ2n) is 6.37. The number of methoxy groups -OCH3 is 1. The van der Waals surface area contributed by atoms with Crippen molar-refractivity contribution >= 4 is 5.96 Å². The Morgan fingerprint density at radius 3 is 2.60 bits per heavy atom. The van der Waals surface area contributed by atoms with E-state index < -0.39 is 11.6 Å². The molecule has 140 valence electrons. The molecule has 0 unspecified atom stereocenters. The van der Waals surface area contributed by atoms with Crippen molar-refractivity contribution in [2.75, 3.05) is 40.5 Å². The zero-order chi connectivity index (χ0) is 18.1. The van der Waals surface area contributed by atoms with Crippen molar-refractivity contribution in [1.29, 1.82) is 0 Å². The largest absolute Gasteiger partial charge is 0.492 e. The first kappa shape index (κ1) is 19.4. The van der Waals surface area contributed by atoms with E-state index in [4.69, 9.17) is 9.47 Å². The molecule has 0 aromatic heterocycles. The minimum absolute atomic E-state index is 0.301. The van der Waals surface area contributed by atoms with Crippen molar-refractivity contribution in [1.82, 2.24) is 10.6 Å². The fourth-order valence-corrected chi connectivity index (χ4v) is 2.91. The smallest absolute Gasteiger partial charge is 0.191 e. The number of halogens is 2. The Kier molecular flexibility index (Phi) is 7.43. The molecule has 1 aliphatic rings. The van der Waals surface area contributed by atoms with Crippen LogP contribution in [0.15, 0.2) is 23.2 Å². The highest BCUT2D eigenvalue weighted by atomic mass is 19.2. The first-order valence-electron chi connectivity index (χ1n) is 8.60. The van der Waals surface area contributed by atoms with Gasteiger partial charge in [-0.05, 0) is 36.8 Å². The fraction of sp³-hybridized carbons (Fsp3) is 0.611. The van der Waals surface area contributed by atoms with Gasteiger partial charge < -0.3 is 20.1 Å². The van der Waals surface area contributed by atoms with Gasteiger partial charge in [-0.1, -0.05) is 6.42 Å². The monoisotopic (exact) mass is 355 g/mol. The first-order chi connectivity index (χ1) is 12.1. The standard InChI is InChI=1S/C18H27F2N3O2/c1-21-17(23-13-18(6-3-7-18)8-10-24-2)22-9-11-25-14-4-5-15(19)16(20)12-14/h4-5,12H,3,6-11,13H2,1-2H3,(H2,21,22,23). The molecule has 0 heterocycles. The molecular formula is C18H27F2N3O2. The van der Waals surface area contributed by atoms with Crippen LogP contribution < -0.4 is 15.4 Å². The average molecular weight is 355 g/mol. The quantitative estimate of drug-likeness (QED) is 0.406. The molecular weight excluding hydrogens is 328 g/mol. The van der Waals surface area contributed by atoms with Crippen LogP contribution in [0.5, 0.6) is 5.75 Å². The van der Waals surface area contributed by atoms with Gasteiger partial charge in [-0.2, -0.15) is 0 Å². The predicted octanol–water partition coefficient (Wildman–Crippen LogP) is 2.72. The highest BCUT2D eigenvalue weighted by Gasteiger charge is 2.36. The normalized spacial score (nSPS) is 16.2. The van der Waals surface area contributed by atoms with E-state index in [9.17, 15) is 8.78 Å². The molecule has 0 atom stereocenters. The highest BCUT2D eigenvalue weighted by molar-refractivity contribution is 5.79. The number of ether oxygens (including phenoxy) is 2. The summed E-state index contributed by atoms with van der Waals surface area (Å²) in [6, 6.07) is 3.50. The van der Waals surface area contributed by atoms with Crippen LogP contribution in [0.3, 0.4) is 0 Å². The van der Waals surface area contributed by atoms with E-state index in [1.807, 2.05) is 0 Å². The SMILES string of the molecule is CN=C(NCCOc1ccc(F)c(F)c1)NCC1(CCOC)CCC1. The predicted molar refractivity (Wildman–Crippen MR) is 94.0 cm³/mol. The number of guanidine groups is 1. The van der Waals surface area contributed by atoms with Crippen LogP contribution in [0.4, 0.5) is 8.78 Å². The minimum atomic E-state index is -0.912. The molecule has 2 rings (SSSR count). The lowest BCUT2D eigenvalue weighted by molar-refractivity contribution is 0.0732. The molecule has 1 aliphatic carbocycles. The zero-order valence-electron chi connectivity index (χ0n) is 14.9. The topological polar surface area (TPSA) is 54.9 Å². The number of rotatable bonds is 9. The fourth-order valence-electron chi connectivity index (χ4n) is 2.91. The van der Waals surface area contributed by atoms with Crippen LogP contribution in [-0.4, -0.2) is 46.4 Å². The second kappa shape index (κ2) is 9.56. The molecule has 2 N–H and O–H groups in total. The van der Waals surface area contributed by atoms with Gasteiger partial charge >= 0.3 is 0 Å². The number of hydrogen-bond acceptors (Lipinski definition) is 3. The summed E-state index contributed by atoms with van der Waals surface area (Å²) in [6.07, 6.45) is 4.73. The maximum atomic E-state index is 13.1. The van der Waals surface area contributed by atoms with Gasteiger partial charge in [0.2, 0.25) is 0 Å². The van der Waals surface area contributed by atoms with E-state index in [0.717, 1.165) is 31.7 Å². The highest BCUT2D eigenvalue weighted by Crippen LogP contribution is 2.43. The van der Waals surface area contributed by atoms with E-state index in [1.165, 1.54) is 25.3 Å². The number of hydrogen-bond donors (Lipinski definition) is 2. The van der Waals surface area contributed by atoms with E-state index >= 15 is 0 Å². The van der Waals surface area contributed by atoms with Gasteiger partial charge in [-0.25, -0.2) is 8.78 Å². The van der Waals surface area contributed by atoms with Crippen molar-refractivity contribution in [3.05, 3.63) is 29.8 Å². The maximum Gasteiger partial charge on any atom is 0.191 e. The van der Waals surface area contributed by atoms with Crippen LogP contribution >= 0.6 is 0 Å². The Labute approximate surface area is 147 Å². The van der Waals surface area contributed by atoms with Gasteiger partial charge in [0.1, 0.15) is 12.4 Å². The van der Waals surface area contributed by atoms with Gasteiger partial charge in [0.05, 0.1) is 6.54 Å². The van der Waals surface area contributed by atoms with Gasteiger partial charge in [-0.15, -0.1) is 0 Å². The Balaban J connectivity index is 1.68. The summed E-state index contributed by atoms with van der Waals surface area (Å²) >= 11 is 0. The summed E-state index contributed by atoms with van der Waals surface area (Å²) < 4.78 is 36.6. The third-order valence-corrected chi connectivity index (χ3v) is 4.66. The Bertz CT molecular complexity index is 577. The van der Waals surface area contributed by atoms with Gasteiger partial charge in [-0.3, -0.25) is 4.99 Å². The molecule has 1 aromatic carbocycles. The third-order valence-electron chi connectivity index (χ3n) is 4.66. The van der Waals surface area contributed by atoms with Gasteiger partial charge in [0, 0.05) is 33.4 Å². The number of benzene rings is 1. The lowest BCUT2D eigenvalue weighted by Crippen LogP contribution is -2.47. The van der Waals surface area contributed by atoms with E-state index in [1.54, 1.807) is 14.2 Å². The minimum Gasteiger partial charge on any atom is -0.492 e. The van der Waals surface area contributed by atoms with Gasteiger partial charge in [0.25, 0.3) is 0 Å². The lowest BCUT2D eigenvalue weighted by Gasteiger charge is -2.42. The molecule has 1 fully saturated rings. The van der Waals surface area contributed by atoms with Crippen LogP contribution in [0.1, 0.15) is 25.7 Å². The van der Waals surface area contributed by atoms with Gasteiger partial charge in [0.15, 0.2) is 17.6 Å². The molecule has 0 spiro atoms. The summed E-state index contributed by atoms with van der Waals surface area (Å²) in [5, 5.41) is 6.51. The van der Waals surface area contributed by atoms with Crippen molar-refractivity contribution in [3.63, 3.8) is 0 Å². The molecule has 25 heavy (non-hydrogen) atoms. The van der Waals surface area contributed by atoms with Crippen molar-refractivity contribution < 1.29 is 18.3 Å². The summed E-state index contributed by atoms with van der Waals surface area (Å²) in [5.41, 5.74) is 0.301. The number of aliphatic imine (C=N–C) groups is 1. The van der Waals surface area contributed by atoms with E-state index in [0.29, 0.717) is 30.3 Å². The number of nitrogens with one attached hydrogen (secondary N) is 2. The molecule has 1 saturated carbocycles. The summed E-state index contributed by atoms with van der Waals surface area (Å²) in [4.78, 5) is 4.20. The van der Waals surface area contributed by atoms with Crippen molar-refractivity contribution in [2.45, 2.75) is 25.7 Å². The summed E-state index contributed by atoms with van der Waals surface area (Å²) in [7, 11) is 3.45. The summed E-state index contributed by atoms with van der Waals surface area (Å²) in [5.74, 6) is -0.785. The second-order valence-corrected chi connectivity index (χ2v) is 6.37. The van der Waals surface area contributed by atoms with Crippen molar-refractivity contribution in [3.8, 4) is 5.75 Å². The molecule has 0 aliphatic heterocycles. The number of nitrogens with zero attached hydrogens (tertiary/aromatic N) is 1. The average Bonchev–Trinajstić information content (AvgIpc) is 2.58. The lowest BCUT2D eigenvalue weighted by atomic mass is 9.67. The van der Waals surface area contributed by atoms with Crippen LogP contribution in [0, 0.1) is 17.0 Å². The van der Waals surface area contributed by atoms with E-state index in [-0.39, 0.29) is 0 Å².